The van der Waals surface area contributed by atoms with Crippen LogP contribution in [-0.4, -0.2) is 18.3 Å². The predicted molar refractivity (Wildman–Crippen MR) is 23.3 cm³/mol. The molecule has 2 heteroatoms. The third kappa shape index (κ3) is 0.816. The molecule has 1 saturated heterocycles. The Hall–Kier alpha value is 0.310. The van der Waals surface area contributed by atoms with Crippen molar-refractivity contribution in [2.75, 3.05) is 18.3 Å². The summed E-state index contributed by atoms with van der Waals surface area (Å²) in [7, 11) is 0. The first-order valence-corrected chi connectivity index (χ1v) is 2.81. The van der Waals surface area contributed by atoms with Crippen molar-refractivity contribution in [1.82, 2.24) is 0 Å². The minimum absolute atomic E-state index is 0.917. The van der Waals surface area contributed by atoms with Crippen LogP contribution in [0.5, 0.6) is 0 Å². The van der Waals surface area contributed by atoms with E-state index in [1.165, 1.54) is 5.75 Å². The molecule has 0 aromatic heterocycles. The zero-order valence-corrected chi connectivity index (χ0v) is 3.75. The monoisotopic (exact) mass is 90.0 g/mol. The van der Waals surface area contributed by atoms with E-state index in [0.717, 1.165) is 12.5 Å². The van der Waals surface area contributed by atoms with Crippen LogP contribution in [0.3, 0.4) is 0 Å². The van der Waals surface area contributed by atoms with Gasteiger partial charge in [0.25, 0.3) is 0 Å². The number of hydrogen-bond donors (Lipinski definition) is 0. The van der Waals surface area contributed by atoms with Crippen molar-refractivity contribution in [3.63, 3.8) is 0 Å². The largest absolute Gasteiger partial charge is 0.370 e. The Kier molecular flexibility index (Phi) is 1.17. The van der Waals surface area contributed by atoms with Crippen LogP contribution in [0.1, 0.15) is 0 Å². The van der Waals surface area contributed by atoms with Crippen LogP contribution in [0.4, 0.5) is 0 Å². The SMILES string of the molecule is C1CSCO1. The molecule has 5 heavy (non-hydrogen) atoms. The fourth-order valence-corrected chi connectivity index (χ4v) is 0.884. The smallest absolute Gasteiger partial charge is 0.0922 e. The van der Waals surface area contributed by atoms with Gasteiger partial charge in [-0.05, 0) is 0 Å². The van der Waals surface area contributed by atoms with E-state index in [0.29, 0.717) is 0 Å². The third-order valence-electron chi connectivity index (χ3n) is 0.539. The maximum atomic E-state index is 4.91. The number of rotatable bonds is 0. The van der Waals surface area contributed by atoms with Crippen molar-refractivity contribution >= 4 is 11.8 Å². The topological polar surface area (TPSA) is 9.23 Å². The van der Waals surface area contributed by atoms with E-state index in [-0.39, 0.29) is 0 Å². The average molecular weight is 90.1 g/mol. The van der Waals surface area contributed by atoms with Crippen LogP contribution in [0, 0.1) is 0 Å². The van der Waals surface area contributed by atoms with E-state index in [4.69, 9.17) is 4.74 Å². The van der Waals surface area contributed by atoms with Crippen LogP contribution in [-0.2, 0) is 4.74 Å². The van der Waals surface area contributed by atoms with Gasteiger partial charge in [-0.2, -0.15) is 0 Å². The Morgan fingerprint density at radius 2 is 2.60 bits per heavy atom. The molecule has 30 valence electrons. The highest BCUT2D eigenvalue weighted by Crippen LogP contribution is 2.06. The van der Waals surface area contributed by atoms with Gasteiger partial charge in [-0.1, -0.05) is 0 Å². The lowest BCUT2D eigenvalue weighted by Gasteiger charge is -1.75. The zero-order valence-electron chi connectivity index (χ0n) is 2.94. The Morgan fingerprint density at radius 1 is 1.60 bits per heavy atom. The highest BCUT2D eigenvalue weighted by molar-refractivity contribution is 7.99. The fraction of sp³-hybridized carbons (Fsp3) is 1.00. The van der Waals surface area contributed by atoms with E-state index < -0.39 is 0 Å². The van der Waals surface area contributed by atoms with Gasteiger partial charge >= 0.3 is 0 Å². The van der Waals surface area contributed by atoms with Crippen molar-refractivity contribution < 1.29 is 4.74 Å². The molecule has 0 spiro atoms. The summed E-state index contributed by atoms with van der Waals surface area (Å²) in [6, 6.07) is 0. The average Bonchev–Trinajstić information content (AvgIpc) is 1.76. The molecule has 0 radical (unpaired) electrons. The molecule has 0 unspecified atom stereocenters. The molecule has 0 saturated carbocycles. The molecule has 0 aromatic carbocycles. The maximum Gasteiger partial charge on any atom is 0.0922 e. The highest BCUT2D eigenvalue weighted by atomic mass is 32.2. The number of hydrogen-bond acceptors (Lipinski definition) is 2. The van der Waals surface area contributed by atoms with E-state index in [1.807, 2.05) is 11.8 Å². The molecule has 1 heterocycles. The molecule has 0 atom stereocenters. The normalized spacial score (nSPS) is 24.0. The number of thioether (sulfide) groups is 1. The van der Waals surface area contributed by atoms with Crippen molar-refractivity contribution in [1.29, 1.82) is 0 Å². The van der Waals surface area contributed by atoms with Gasteiger partial charge in [-0.15, -0.1) is 11.8 Å². The molecule has 1 aliphatic heterocycles. The fourth-order valence-electron chi connectivity index (χ4n) is 0.295. The Morgan fingerprint density at radius 3 is 2.80 bits per heavy atom. The standard InChI is InChI=1S/C3H6OS/c1-2-5-3-4-1/h1-3H2. The van der Waals surface area contributed by atoms with Crippen LogP contribution in [0.15, 0.2) is 0 Å². The van der Waals surface area contributed by atoms with Gasteiger partial charge in [0.2, 0.25) is 0 Å². The van der Waals surface area contributed by atoms with Crippen LogP contribution in [0.25, 0.3) is 0 Å². The van der Waals surface area contributed by atoms with Crippen molar-refractivity contribution in [3.8, 4) is 0 Å². The summed E-state index contributed by atoms with van der Waals surface area (Å²) in [6.07, 6.45) is 0. The zero-order chi connectivity index (χ0) is 3.54. The summed E-state index contributed by atoms with van der Waals surface area (Å²) in [6.45, 7) is 0.963. The molecule has 1 fully saturated rings. The van der Waals surface area contributed by atoms with E-state index in [9.17, 15) is 0 Å². The van der Waals surface area contributed by atoms with Crippen molar-refractivity contribution in [2.24, 2.45) is 0 Å². The summed E-state index contributed by atoms with van der Waals surface area (Å²) < 4.78 is 4.91. The summed E-state index contributed by atoms with van der Waals surface area (Å²) in [5, 5.41) is 0. The van der Waals surface area contributed by atoms with Gasteiger partial charge < -0.3 is 4.74 Å². The van der Waals surface area contributed by atoms with Gasteiger partial charge in [-0.25, -0.2) is 0 Å². The van der Waals surface area contributed by atoms with Gasteiger partial charge in [0.1, 0.15) is 0 Å². The van der Waals surface area contributed by atoms with Crippen LogP contribution < -0.4 is 0 Å². The Bertz CT molecular complexity index is 18.5. The summed E-state index contributed by atoms with van der Waals surface area (Å²) in [5.41, 5.74) is 0. The minimum atomic E-state index is 0.917. The lowest BCUT2D eigenvalue weighted by molar-refractivity contribution is 0.217. The molecule has 0 amide bonds. The van der Waals surface area contributed by atoms with Gasteiger partial charge in [0.05, 0.1) is 12.5 Å². The van der Waals surface area contributed by atoms with Crippen molar-refractivity contribution in [3.05, 3.63) is 0 Å². The van der Waals surface area contributed by atoms with Crippen molar-refractivity contribution in [2.45, 2.75) is 0 Å². The molecular weight excluding hydrogens is 84.1 g/mol. The molecule has 0 N–H and O–H groups in total. The van der Waals surface area contributed by atoms with E-state index in [2.05, 4.69) is 0 Å². The van der Waals surface area contributed by atoms with Gasteiger partial charge in [0.15, 0.2) is 0 Å². The molecule has 0 aromatic rings. The second-order valence-corrected chi connectivity index (χ2v) is 1.99. The lowest BCUT2D eigenvalue weighted by Crippen LogP contribution is -1.77. The van der Waals surface area contributed by atoms with Gasteiger partial charge in [-0.3, -0.25) is 0 Å². The first-order chi connectivity index (χ1) is 2.50. The second-order valence-electron chi connectivity index (χ2n) is 0.934. The summed E-state index contributed by atoms with van der Waals surface area (Å²) in [4.78, 5) is 0. The lowest BCUT2D eigenvalue weighted by atomic mass is 10.9. The minimum Gasteiger partial charge on any atom is -0.370 e. The summed E-state index contributed by atoms with van der Waals surface area (Å²) >= 11 is 1.85. The summed E-state index contributed by atoms with van der Waals surface area (Å²) in [5.74, 6) is 2.11. The quantitative estimate of drug-likeness (QED) is 0.433. The third-order valence-corrected chi connectivity index (χ3v) is 1.33. The molecule has 0 bridgehead atoms. The molecule has 1 nitrogen and oxygen atoms in total. The molecule has 1 rings (SSSR count). The first kappa shape index (κ1) is 3.50. The maximum absolute atomic E-state index is 4.91. The molecule has 0 aliphatic carbocycles. The molecule has 1 aliphatic rings. The highest BCUT2D eigenvalue weighted by Gasteiger charge is 1.94. The van der Waals surface area contributed by atoms with E-state index >= 15 is 0 Å². The second kappa shape index (κ2) is 1.67. The predicted octanol–water partition coefficient (Wildman–Crippen LogP) is 0.707. The molecular formula is C3H6OS. The Labute approximate surface area is 35.7 Å². The van der Waals surface area contributed by atoms with E-state index in [1.54, 1.807) is 0 Å². The Balaban J connectivity index is 2.08. The van der Waals surface area contributed by atoms with Crippen LogP contribution in [0.2, 0.25) is 0 Å². The van der Waals surface area contributed by atoms with Gasteiger partial charge in [0, 0.05) is 5.75 Å². The first-order valence-electron chi connectivity index (χ1n) is 1.65. The van der Waals surface area contributed by atoms with Crippen LogP contribution >= 0.6 is 11.8 Å². The number of ether oxygens (including phenoxy) is 1.